The number of nitrogens with two attached hydrogens (primary N) is 1. The molecule has 0 heterocycles. The maximum Gasteiger partial charge on any atom is 0.239 e. The van der Waals surface area contributed by atoms with Gasteiger partial charge in [0, 0.05) is 6.04 Å². The highest BCUT2D eigenvalue weighted by atomic mass is 16.2. The number of hydrogen-bond acceptors (Lipinski definition) is 3. The molecule has 0 aromatic rings. The minimum absolute atomic E-state index is 0.0345. The van der Waals surface area contributed by atoms with Crippen LogP contribution >= 0.6 is 0 Å². The summed E-state index contributed by atoms with van der Waals surface area (Å²) in [6.07, 6.45) is 3.61. The van der Waals surface area contributed by atoms with Crippen LogP contribution in [0.5, 0.6) is 0 Å². The lowest BCUT2D eigenvalue weighted by molar-refractivity contribution is -0.127. The minimum Gasteiger partial charge on any atom is -0.352 e. The van der Waals surface area contributed by atoms with E-state index in [0.29, 0.717) is 12.5 Å². The maximum absolute atomic E-state index is 11.3. The lowest BCUT2D eigenvalue weighted by atomic mass is 10.2. The Morgan fingerprint density at radius 3 is 2.67 bits per heavy atom. The Labute approximate surface area is 89.8 Å². The zero-order chi connectivity index (χ0) is 11.3. The minimum atomic E-state index is -0.497. The molecule has 0 bridgehead atoms. The SMILES string of the molecule is CCC[C@H](N)C(=O)NCC(=O)NC1CC1. The molecule has 0 spiro atoms. The Kier molecular flexibility index (Phi) is 4.55. The van der Waals surface area contributed by atoms with E-state index < -0.39 is 6.04 Å². The van der Waals surface area contributed by atoms with Crippen molar-refractivity contribution in [3.8, 4) is 0 Å². The lowest BCUT2D eigenvalue weighted by Gasteiger charge is -2.10. The summed E-state index contributed by atoms with van der Waals surface area (Å²) in [6.45, 7) is 2.00. The van der Waals surface area contributed by atoms with Crippen molar-refractivity contribution in [3.63, 3.8) is 0 Å². The van der Waals surface area contributed by atoms with Crippen molar-refractivity contribution in [1.29, 1.82) is 0 Å². The van der Waals surface area contributed by atoms with Crippen LogP contribution in [0.15, 0.2) is 0 Å². The largest absolute Gasteiger partial charge is 0.352 e. The molecule has 0 unspecified atom stereocenters. The van der Waals surface area contributed by atoms with E-state index in [-0.39, 0.29) is 18.4 Å². The van der Waals surface area contributed by atoms with Gasteiger partial charge in [0.2, 0.25) is 11.8 Å². The van der Waals surface area contributed by atoms with Crippen molar-refractivity contribution in [3.05, 3.63) is 0 Å². The Morgan fingerprint density at radius 1 is 1.47 bits per heavy atom. The highest BCUT2D eigenvalue weighted by Crippen LogP contribution is 2.18. The normalized spacial score (nSPS) is 16.9. The highest BCUT2D eigenvalue weighted by molar-refractivity contribution is 5.87. The van der Waals surface area contributed by atoms with Crippen molar-refractivity contribution in [1.82, 2.24) is 10.6 Å². The molecule has 1 fully saturated rings. The van der Waals surface area contributed by atoms with Gasteiger partial charge >= 0.3 is 0 Å². The smallest absolute Gasteiger partial charge is 0.239 e. The number of carbonyl (C=O) groups excluding carboxylic acids is 2. The quantitative estimate of drug-likeness (QED) is 0.556. The summed E-state index contributed by atoms with van der Waals surface area (Å²) in [5.41, 5.74) is 5.58. The van der Waals surface area contributed by atoms with Crippen LogP contribution < -0.4 is 16.4 Å². The van der Waals surface area contributed by atoms with Crippen LogP contribution in [0, 0.1) is 0 Å². The molecule has 15 heavy (non-hydrogen) atoms. The molecule has 1 aliphatic carbocycles. The zero-order valence-electron chi connectivity index (χ0n) is 9.08. The Balaban J connectivity index is 2.11. The van der Waals surface area contributed by atoms with E-state index in [1.807, 2.05) is 6.92 Å². The molecule has 0 radical (unpaired) electrons. The fourth-order valence-corrected chi connectivity index (χ4v) is 1.25. The van der Waals surface area contributed by atoms with Gasteiger partial charge in [-0.15, -0.1) is 0 Å². The molecule has 4 N–H and O–H groups in total. The average molecular weight is 213 g/mol. The van der Waals surface area contributed by atoms with Crippen molar-refractivity contribution in [2.24, 2.45) is 5.73 Å². The van der Waals surface area contributed by atoms with E-state index in [1.165, 1.54) is 0 Å². The molecule has 0 aliphatic heterocycles. The summed E-state index contributed by atoms with van der Waals surface area (Å²) in [5.74, 6) is -0.377. The fourth-order valence-electron chi connectivity index (χ4n) is 1.25. The maximum atomic E-state index is 11.3. The third-order valence-corrected chi connectivity index (χ3v) is 2.30. The third kappa shape index (κ3) is 4.78. The molecule has 1 saturated carbocycles. The fraction of sp³-hybridized carbons (Fsp3) is 0.800. The summed E-state index contributed by atoms with van der Waals surface area (Å²) in [6, 6.07) is -0.164. The molecule has 0 aromatic heterocycles. The van der Waals surface area contributed by atoms with Crippen molar-refractivity contribution < 1.29 is 9.59 Å². The van der Waals surface area contributed by atoms with Gasteiger partial charge in [-0.05, 0) is 19.3 Å². The lowest BCUT2D eigenvalue weighted by Crippen LogP contribution is -2.45. The van der Waals surface area contributed by atoms with Gasteiger partial charge in [0.05, 0.1) is 12.6 Å². The average Bonchev–Trinajstić information content (AvgIpc) is 2.98. The van der Waals surface area contributed by atoms with E-state index >= 15 is 0 Å². The third-order valence-electron chi connectivity index (χ3n) is 2.30. The van der Waals surface area contributed by atoms with Crippen LogP contribution in [0.25, 0.3) is 0 Å². The van der Waals surface area contributed by atoms with Crippen LogP contribution in [0.3, 0.4) is 0 Å². The number of carbonyl (C=O) groups is 2. The molecule has 5 heteroatoms. The standard InChI is InChI=1S/C10H19N3O2/c1-2-3-8(11)10(15)12-6-9(14)13-7-4-5-7/h7-8H,2-6,11H2,1H3,(H,12,15)(H,13,14)/t8-/m0/s1. The van der Waals surface area contributed by atoms with Crippen molar-refractivity contribution in [2.75, 3.05) is 6.54 Å². The van der Waals surface area contributed by atoms with Crippen LogP contribution in [0.2, 0.25) is 0 Å². The van der Waals surface area contributed by atoms with Crippen molar-refractivity contribution in [2.45, 2.75) is 44.7 Å². The van der Waals surface area contributed by atoms with Gasteiger partial charge in [0.1, 0.15) is 0 Å². The van der Waals surface area contributed by atoms with Gasteiger partial charge in [-0.2, -0.15) is 0 Å². The van der Waals surface area contributed by atoms with Gasteiger partial charge in [-0.25, -0.2) is 0 Å². The summed E-state index contributed by atoms with van der Waals surface area (Å²) in [7, 11) is 0. The highest BCUT2D eigenvalue weighted by Gasteiger charge is 2.23. The van der Waals surface area contributed by atoms with Gasteiger partial charge < -0.3 is 16.4 Å². The van der Waals surface area contributed by atoms with E-state index in [2.05, 4.69) is 10.6 Å². The first-order valence-corrected chi connectivity index (χ1v) is 5.46. The Bertz CT molecular complexity index is 239. The molecule has 1 aliphatic rings. The van der Waals surface area contributed by atoms with E-state index in [9.17, 15) is 9.59 Å². The predicted molar refractivity (Wildman–Crippen MR) is 57.1 cm³/mol. The van der Waals surface area contributed by atoms with Crippen LogP contribution in [0.1, 0.15) is 32.6 Å². The van der Waals surface area contributed by atoms with Gasteiger partial charge in [-0.3, -0.25) is 9.59 Å². The van der Waals surface area contributed by atoms with Crippen LogP contribution in [-0.4, -0.2) is 30.4 Å². The second-order valence-corrected chi connectivity index (χ2v) is 3.95. The van der Waals surface area contributed by atoms with Gasteiger partial charge in [-0.1, -0.05) is 13.3 Å². The second kappa shape index (κ2) is 5.70. The molecular formula is C10H19N3O2. The molecule has 1 atom stereocenters. The van der Waals surface area contributed by atoms with Crippen LogP contribution in [-0.2, 0) is 9.59 Å². The predicted octanol–water partition coefficient (Wildman–Crippen LogP) is -0.491. The number of amides is 2. The molecule has 1 rings (SSSR count). The summed E-state index contributed by atoms with van der Waals surface area (Å²) < 4.78 is 0. The molecular weight excluding hydrogens is 194 g/mol. The summed E-state index contributed by atoms with van der Waals surface area (Å²) in [5, 5.41) is 5.31. The molecule has 0 saturated heterocycles. The first kappa shape index (κ1) is 12.0. The summed E-state index contributed by atoms with van der Waals surface area (Å²) >= 11 is 0. The number of rotatable bonds is 6. The first-order valence-electron chi connectivity index (χ1n) is 5.46. The first-order chi connectivity index (χ1) is 7.13. The monoisotopic (exact) mass is 213 g/mol. The summed E-state index contributed by atoms with van der Waals surface area (Å²) in [4.78, 5) is 22.5. The topological polar surface area (TPSA) is 84.2 Å². The Hall–Kier alpha value is -1.10. The number of hydrogen-bond donors (Lipinski definition) is 3. The zero-order valence-corrected chi connectivity index (χ0v) is 9.08. The van der Waals surface area contributed by atoms with Crippen LogP contribution in [0.4, 0.5) is 0 Å². The van der Waals surface area contributed by atoms with Gasteiger partial charge in [0.25, 0.3) is 0 Å². The van der Waals surface area contributed by atoms with Gasteiger partial charge in [0.15, 0.2) is 0 Å². The molecule has 2 amide bonds. The number of nitrogens with one attached hydrogen (secondary N) is 2. The second-order valence-electron chi connectivity index (χ2n) is 3.95. The molecule has 5 nitrogen and oxygen atoms in total. The van der Waals surface area contributed by atoms with E-state index in [4.69, 9.17) is 5.73 Å². The van der Waals surface area contributed by atoms with E-state index in [1.54, 1.807) is 0 Å². The molecule has 86 valence electrons. The van der Waals surface area contributed by atoms with E-state index in [0.717, 1.165) is 19.3 Å². The van der Waals surface area contributed by atoms with Crippen molar-refractivity contribution >= 4 is 11.8 Å². The Morgan fingerprint density at radius 2 is 2.13 bits per heavy atom. The molecule has 0 aromatic carbocycles.